The van der Waals surface area contributed by atoms with Crippen molar-refractivity contribution in [3.05, 3.63) is 41.7 Å². The van der Waals surface area contributed by atoms with Crippen LogP contribution in [-0.2, 0) is 6.18 Å². The number of hydrogen-bond acceptors (Lipinski definition) is 4. The Morgan fingerprint density at radius 3 is 2.68 bits per heavy atom. The summed E-state index contributed by atoms with van der Waals surface area (Å²) in [4.78, 5) is 12.2. The number of benzene rings is 1. The Labute approximate surface area is 143 Å². The molecule has 1 aromatic heterocycles. The van der Waals surface area contributed by atoms with Gasteiger partial charge >= 0.3 is 6.18 Å². The lowest BCUT2D eigenvalue weighted by molar-refractivity contribution is -0.137. The lowest BCUT2D eigenvalue weighted by atomic mass is 10.0. The molecule has 2 aromatic rings. The third kappa shape index (κ3) is 5.02. The van der Waals surface area contributed by atoms with Crippen molar-refractivity contribution in [2.45, 2.75) is 32.5 Å². The van der Waals surface area contributed by atoms with Gasteiger partial charge in [-0.3, -0.25) is 4.79 Å². The van der Waals surface area contributed by atoms with E-state index in [-0.39, 0.29) is 24.0 Å². The van der Waals surface area contributed by atoms with Crippen molar-refractivity contribution in [3.63, 3.8) is 0 Å². The standard InChI is InChI=1S/C16H20F3N5O/c1-10(2)6-12(8-20)21-15(25)14-9-24(23-22-14)13-5-3-4-11(7-13)16(17,18)19/h3-5,7,9-10,12H,6,8,20H2,1-2H3,(H,21,25). The highest BCUT2D eigenvalue weighted by Gasteiger charge is 2.30. The molecule has 0 saturated heterocycles. The Hall–Kier alpha value is -2.42. The first-order valence-electron chi connectivity index (χ1n) is 7.81. The molecule has 1 atom stereocenters. The predicted molar refractivity (Wildman–Crippen MR) is 86.1 cm³/mol. The first-order valence-corrected chi connectivity index (χ1v) is 7.81. The zero-order valence-corrected chi connectivity index (χ0v) is 13.9. The molecule has 6 nitrogen and oxygen atoms in total. The smallest absolute Gasteiger partial charge is 0.347 e. The fourth-order valence-electron chi connectivity index (χ4n) is 2.36. The summed E-state index contributed by atoms with van der Waals surface area (Å²) < 4.78 is 39.5. The van der Waals surface area contributed by atoms with E-state index in [1.165, 1.54) is 18.3 Å². The summed E-state index contributed by atoms with van der Waals surface area (Å²) in [6, 6.07) is 4.43. The molecule has 136 valence electrons. The molecular weight excluding hydrogens is 335 g/mol. The molecular formula is C16H20F3N5O. The number of nitrogens with one attached hydrogen (secondary N) is 1. The Morgan fingerprint density at radius 2 is 2.08 bits per heavy atom. The molecule has 1 aromatic carbocycles. The second kappa shape index (κ2) is 7.64. The molecule has 0 spiro atoms. The van der Waals surface area contributed by atoms with E-state index in [0.717, 1.165) is 16.8 Å². The second-order valence-corrected chi connectivity index (χ2v) is 6.13. The van der Waals surface area contributed by atoms with Crippen LogP contribution in [0.5, 0.6) is 0 Å². The molecule has 0 aliphatic rings. The number of amides is 1. The largest absolute Gasteiger partial charge is 0.416 e. The molecule has 0 bridgehead atoms. The van der Waals surface area contributed by atoms with Gasteiger partial charge in [0.1, 0.15) is 0 Å². The van der Waals surface area contributed by atoms with Crippen molar-refractivity contribution in [1.29, 1.82) is 0 Å². The second-order valence-electron chi connectivity index (χ2n) is 6.13. The van der Waals surface area contributed by atoms with E-state index in [1.54, 1.807) is 0 Å². The summed E-state index contributed by atoms with van der Waals surface area (Å²) in [5.74, 6) is -0.107. The first-order chi connectivity index (χ1) is 11.7. The van der Waals surface area contributed by atoms with Gasteiger partial charge in [0.15, 0.2) is 5.69 Å². The molecule has 0 saturated carbocycles. The minimum absolute atomic E-state index is 0.0135. The third-order valence-electron chi connectivity index (χ3n) is 3.54. The minimum atomic E-state index is -4.46. The van der Waals surface area contributed by atoms with E-state index >= 15 is 0 Å². The summed E-state index contributed by atoms with van der Waals surface area (Å²) in [6.45, 7) is 4.31. The van der Waals surface area contributed by atoms with Crippen molar-refractivity contribution in [3.8, 4) is 5.69 Å². The van der Waals surface area contributed by atoms with Gasteiger partial charge in [-0.05, 0) is 30.5 Å². The summed E-state index contributed by atoms with van der Waals surface area (Å²) in [5, 5.41) is 10.2. The lowest BCUT2D eigenvalue weighted by Crippen LogP contribution is -2.41. The Kier molecular flexibility index (Phi) is 5.78. The Bertz CT molecular complexity index is 727. The topological polar surface area (TPSA) is 85.8 Å². The molecule has 0 radical (unpaired) electrons. The van der Waals surface area contributed by atoms with Crippen LogP contribution < -0.4 is 11.1 Å². The average Bonchev–Trinajstić information content (AvgIpc) is 3.03. The van der Waals surface area contributed by atoms with Gasteiger partial charge in [0.05, 0.1) is 17.4 Å². The summed E-state index contributed by atoms with van der Waals surface area (Å²) >= 11 is 0. The van der Waals surface area contributed by atoms with Crippen LogP contribution in [0.25, 0.3) is 5.69 Å². The van der Waals surface area contributed by atoms with Crippen LogP contribution in [0.15, 0.2) is 30.5 Å². The Balaban J connectivity index is 2.15. The van der Waals surface area contributed by atoms with Gasteiger partial charge in [-0.2, -0.15) is 13.2 Å². The fraction of sp³-hybridized carbons (Fsp3) is 0.438. The van der Waals surface area contributed by atoms with Crippen LogP contribution in [0, 0.1) is 5.92 Å². The fourth-order valence-corrected chi connectivity index (χ4v) is 2.36. The van der Waals surface area contributed by atoms with Crippen molar-refractivity contribution in [2.75, 3.05) is 6.54 Å². The molecule has 1 heterocycles. The van der Waals surface area contributed by atoms with Gasteiger partial charge in [-0.1, -0.05) is 25.1 Å². The number of carbonyl (C=O) groups excluding carboxylic acids is 1. The van der Waals surface area contributed by atoms with Crippen molar-refractivity contribution < 1.29 is 18.0 Å². The summed E-state index contributed by atoms with van der Waals surface area (Å²) in [5.41, 5.74) is 5.02. The van der Waals surface area contributed by atoms with Gasteiger partial charge in [-0.15, -0.1) is 5.10 Å². The zero-order chi connectivity index (χ0) is 18.6. The highest BCUT2D eigenvalue weighted by Crippen LogP contribution is 2.30. The zero-order valence-electron chi connectivity index (χ0n) is 13.9. The number of rotatable bonds is 6. The van der Waals surface area contributed by atoms with Crippen LogP contribution in [0.2, 0.25) is 0 Å². The normalized spacial score (nSPS) is 13.1. The number of halogens is 3. The van der Waals surface area contributed by atoms with E-state index < -0.39 is 17.6 Å². The van der Waals surface area contributed by atoms with Crippen LogP contribution in [0.4, 0.5) is 13.2 Å². The van der Waals surface area contributed by atoms with Gasteiger partial charge in [0.25, 0.3) is 5.91 Å². The molecule has 1 unspecified atom stereocenters. The highest BCUT2D eigenvalue weighted by atomic mass is 19.4. The number of aromatic nitrogens is 3. The van der Waals surface area contributed by atoms with Gasteiger partial charge in [-0.25, -0.2) is 4.68 Å². The molecule has 9 heteroatoms. The summed E-state index contributed by atoms with van der Waals surface area (Å²) in [6.07, 6.45) is -2.46. The van der Waals surface area contributed by atoms with E-state index in [1.807, 2.05) is 13.8 Å². The van der Waals surface area contributed by atoms with E-state index in [4.69, 9.17) is 5.73 Å². The van der Waals surface area contributed by atoms with Crippen molar-refractivity contribution >= 4 is 5.91 Å². The molecule has 3 N–H and O–H groups in total. The highest BCUT2D eigenvalue weighted by molar-refractivity contribution is 5.92. The maximum Gasteiger partial charge on any atom is 0.416 e. The van der Waals surface area contributed by atoms with Gasteiger partial charge in [0, 0.05) is 12.6 Å². The van der Waals surface area contributed by atoms with E-state index in [2.05, 4.69) is 15.6 Å². The molecule has 0 aliphatic heterocycles. The molecule has 0 aliphatic carbocycles. The Morgan fingerprint density at radius 1 is 1.36 bits per heavy atom. The van der Waals surface area contributed by atoms with Crippen molar-refractivity contribution in [2.24, 2.45) is 11.7 Å². The predicted octanol–water partition coefficient (Wildman–Crippen LogP) is 2.39. The van der Waals surface area contributed by atoms with Crippen LogP contribution >= 0.6 is 0 Å². The van der Waals surface area contributed by atoms with Crippen LogP contribution in [0.1, 0.15) is 36.3 Å². The maximum atomic E-state index is 12.8. The SMILES string of the molecule is CC(C)CC(CN)NC(=O)c1cn(-c2cccc(C(F)(F)F)c2)nn1. The number of alkyl halides is 3. The van der Waals surface area contributed by atoms with E-state index in [0.29, 0.717) is 12.3 Å². The van der Waals surface area contributed by atoms with Crippen LogP contribution in [-0.4, -0.2) is 33.5 Å². The van der Waals surface area contributed by atoms with E-state index in [9.17, 15) is 18.0 Å². The average molecular weight is 355 g/mol. The lowest BCUT2D eigenvalue weighted by Gasteiger charge is -2.17. The number of hydrogen-bond donors (Lipinski definition) is 2. The third-order valence-corrected chi connectivity index (χ3v) is 3.54. The van der Waals surface area contributed by atoms with Crippen molar-refractivity contribution in [1.82, 2.24) is 20.3 Å². The minimum Gasteiger partial charge on any atom is -0.347 e. The summed E-state index contributed by atoms with van der Waals surface area (Å²) in [7, 11) is 0. The monoisotopic (exact) mass is 355 g/mol. The maximum absolute atomic E-state index is 12.8. The molecule has 1 amide bonds. The number of carbonyl (C=O) groups is 1. The molecule has 0 fully saturated rings. The van der Waals surface area contributed by atoms with Crippen LogP contribution in [0.3, 0.4) is 0 Å². The molecule has 2 rings (SSSR count). The quantitative estimate of drug-likeness (QED) is 0.833. The first kappa shape index (κ1) is 18.9. The van der Waals surface area contributed by atoms with Gasteiger partial charge < -0.3 is 11.1 Å². The van der Waals surface area contributed by atoms with Gasteiger partial charge in [0.2, 0.25) is 0 Å². The number of nitrogens with two attached hydrogens (primary N) is 1. The number of nitrogens with zero attached hydrogens (tertiary/aromatic N) is 3. The molecule has 25 heavy (non-hydrogen) atoms.